The third kappa shape index (κ3) is 4.35. The first-order valence-electron chi connectivity index (χ1n) is 6.64. The molecule has 0 fully saturated rings. The van der Waals surface area contributed by atoms with Crippen molar-refractivity contribution in [3.05, 3.63) is 38.7 Å². The maximum absolute atomic E-state index is 12.0. The van der Waals surface area contributed by atoms with Gasteiger partial charge in [-0.3, -0.25) is 5.32 Å². The van der Waals surface area contributed by atoms with Crippen LogP contribution in [0.2, 0.25) is 5.02 Å². The summed E-state index contributed by atoms with van der Waals surface area (Å²) < 4.78 is 7.30. The van der Waals surface area contributed by atoms with E-state index in [-0.39, 0.29) is 18.2 Å². The molecule has 2 rings (SSSR count). The van der Waals surface area contributed by atoms with Gasteiger partial charge in [0.05, 0.1) is 23.5 Å². The molecule has 7 nitrogen and oxygen atoms in total. The van der Waals surface area contributed by atoms with Crippen molar-refractivity contribution in [2.75, 3.05) is 17.2 Å². The summed E-state index contributed by atoms with van der Waals surface area (Å²) in [6.07, 6.45) is 1.34. The Morgan fingerprint density at radius 2 is 2.13 bits per heavy atom. The molecule has 0 unspecified atom stereocenters. The molecule has 0 bridgehead atoms. The number of nitrogens with one attached hydrogen (secondary N) is 2. The molecule has 0 aliphatic rings. The Kier molecular flexibility index (Phi) is 5.83. The van der Waals surface area contributed by atoms with E-state index in [1.807, 2.05) is 6.07 Å². The van der Waals surface area contributed by atoms with Gasteiger partial charge in [0.2, 0.25) is 5.95 Å². The summed E-state index contributed by atoms with van der Waals surface area (Å²) in [6.45, 7) is 1.98. The number of hydrogen-bond acceptors (Lipinski definition) is 4. The van der Waals surface area contributed by atoms with Crippen LogP contribution in [0.3, 0.4) is 0 Å². The number of benzene rings is 1. The molecule has 0 atom stereocenters. The highest BCUT2D eigenvalue weighted by Crippen LogP contribution is 2.24. The Labute approximate surface area is 151 Å². The number of hydrogen-bond donors (Lipinski definition) is 2. The van der Waals surface area contributed by atoms with Gasteiger partial charge in [0.1, 0.15) is 5.69 Å². The Bertz CT molecular complexity index is 748. The van der Waals surface area contributed by atoms with Crippen molar-refractivity contribution < 1.29 is 14.3 Å². The van der Waals surface area contributed by atoms with E-state index in [0.717, 1.165) is 3.57 Å². The van der Waals surface area contributed by atoms with E-state index in [0.29, 0.717) is 10.7 Å². The molecule has 122 valence electrons. The van der Waals surface area contributed by atoms with E-state index in [4.69, 9.17) is 16.3 Å². The number of urea groups is 1. The van der Waals surface area contributed by atoms with Crippen molar-refractivity contribution in [2.24, 2.45) is 7.05 Å². The number of halogens is 2. The molecular formula is C14H14ClIN4O3. The zero-order chi connectivity index (χ0) is 17.0. The van der Waals surface area contributed by atoms with Crippen molar-refractivity contribution in [1.82, 2.24) is 9.55 Å². The van der Waals surface area contributed by atoms with Crippen LogP contribution in [0.15, 0.2) is 24.4 Å². The van der Waals surface area contributed by atoms with E-state index in [1.54, 1.807) is 26.1 Å². The lowest BCUT2D eigenvalue weighted by atomic mass is 10.3. The quantitative estimate of drug-likeness (QED) is 0.554. The lowest BCUT2D eigenvalue weighted by Gasteiger charge is -2.09. The predicted molar refractivity (Wildman–Crippen MR) is 96.0 cm³/mol. The minimum Gasteiger partial charge on any atom is -0.461 e. The molecule has 1 aromatic carbocycles. The maximum Gasteiger partial charge on any atom is 0.356 e. The van der Waals surface area contributed by atoms with Crippen LogP contribution in [0, 0.1) is 3.57 Å². The Morgan fingerprint density at radius 1 is 1.39 bits per heavy atom. The van der Waals surface area contributed by atoms with Crippen molar-refractivity contribution >= 4 is 57.8 Å². The molecule has 2 amide bonds. The van der Waals surface area contributed by atoms with Crippen LogP contribution >= 0.6 is 34.2 Å². The van der Waals surface area contributed by atoms with Gasteiger partial charge in [-0.05, 0) is 47.7 Å². The highest BCUT2D eigenvalue weighted by Gasteiger charge is 2.16. The van der Waals surface area contributed by atoms with Crippen LogP contribution in [0.1, 0.15) is 17.4 Å². The summed E-state index contributed by atoms with van der Waals surface area (Å²) in [6, 6.07) is 4.74. The molecule has 0 radical (unpaired) electrons. The maximum atomic E-state index is 12.0. The number of anilines is 2. The number of ether oxygens (including phenoxy) is 1. The van der Waals surface area contributed by atoms with E-state index in [1.165, 1.54) is 10.8 Å². The zero-order valence-electron chi connectivity index (χ0n) is 12.4. The van der Waals surface area contributed by atoms with Gasteiger partial charge in [0, 0.05) is 10.6 Å². The third-order valence-corrected chi connectivity index (χ3v) is 3.86. The summed E-state index contributed by atoms with van der Waals surface area (Å²) in [5.74, 6) is -0.288. The van der Waals surface area contributed by atoms with E-state index in [2.05, 4.69) is 38.2 Å². The lowest BCUT2D eigenvalue weighted by molar-refractivity contribution is 0.0515. The summed E-state index contributed by atoms with van der Waals surface area (Å²) in [5.41, 5.74) is 0.721. The highest BCUT2D eigenvalue weighted by molar-refractivity contribution is 14.1. The van der Waals surface area contributed by atoms with Gasteiger partial charge in [-0.2, -0.15) is 0 Å². The normalized spacial score (nSPS) is 10.3. The van der Waals surface area contributed by atoms with E-state index >= 15 is 0 Å². The van der Waals surface area contributed by atoms with Crippen LogP contribution in [0.4, 0.5) is 16.4 Å². The van der Waals surface area contributed by atoms with E-state index in [9.17, 15) is 9.59 Å². The second-order valence-corrected chi connectivity index (χ2v) is 6.10. The summed E-state index contributed by atoms with van der Waals surface area (Å²) in [5, 5.41) is 5.60. The fraction of sp³-hybridized carbons (Fsp3) is 0.214. The molecule has 9 heteroatoms. The monoisotopic (exact) mass is 448 g/mol. The smallest absolute Gasteiger partial charge is 0.356 e. The topological polar surface area (TPSA) is 85.2 Å². The average molecular weight is 449 g/mol. The number of aromatic nitrogens is 2. The predicted octanol–water partition coefficient (Wildman–Crippen LogP) is 3.50. The van der Waals surface area contributed by atoms with Crippen LogP contribution in [0.5, 0.6) is 0 Å². The molecule has 23 heavy (non-hydrogen) atoms. The van der Waals surface area contributed by atoms with Gasteiger partial charge in [-0.1, -0.05) is 11.6 Å². The molecule has 2 N–H and O–H groups in total. The van der Waals surface area contributed by atoms with Gasteiger partial charge >= 0.3 is 12.0 Å². The number of imidazole rings is 1. The third-order valence-electron chi connectivity index (χ3n) is 2.88. The molecular weight excluding hydrogens is 435 g/mol. The van der Waals surface area contributed by atoms with Gasteiger partial charge in [0.15, 0.2) is 0 Å². The fourth-order valence-corrected chi connectivity index (χ4v) is 2.67. The molecule has 0 aliphatic heterocycles. The molecule has 1 aromatic heterocycles. The largest absolute Gasteiger partial charge is 0.461 e. The SMILES string of the molecule is CCOC(=O)c1cnc(NC(=O)Nc2ccc(I)cc2Cl)n1C. The Balaban J connectivity index is 2.07. The van der Waals surface area contributed by atoms with Crippen molar-refractivity contribution in [2.45, 2.75) is 6.92 Å². The Morgan fingerprint density at radius 3 is 2.78 bits per heavy atom. The molecule has 2 aromatic rings. The van der Waals surface area contributed by atoms with Crippen LogP contribution in [-0.2, 0) is 11.8 Å². The lowest BCUT2D eigenvalue weighted by Crippen LogP contribution is -2.22. The second-order valence-electron chi connectivity index (χ2n) is 4.45. The number of carbonyl (C=O) groups excluding carboxylic acids is 2. The van der Waals surface area contributed by atoms with E-state index < -0.39 is 12.0 Å². The fourth-order valence-electron chi connectivity index (χ4n) is 1.77. The average Bonchev–Trinajstić information content (AvgIpc) is 2.83. The standard InChI is InChI=1S/C14H14ClIN4O3/c1-3-23-12(21)11-7-17-13(20(11)2)19-14(22)18-10-5-4-8(16)6-9(10)15/h4-7H,3H2,1-2H3,(H2,17,18,19,22). The van der Waals surface area contributed by atoms with Gasteiger partial charge < -0.3 is 14.6 Å². The second kappa shape index (κ2) is 7.64. The molecule has 1 heterocycles. The van der Waals surface area contributed by atoms with Crippen molar-refractivity contribution in [3.63, 3.8) is 0 Å². The minimum atomic E-state index is -0.516. The van der Waals surface area contributed by atoms with Gasteiger partial charge in [-0.25, -0.2) is 14.6 Å². The van der Waals surface area contributed by atoms with Gasteiger partial charge in [0.25, 0.3) is 0 Å². The summed E-state index contributed by atoms with van der Waals surface area (Å²) in [4.78, 5) is 27.7. The first-order valence-corrected chi connectivity index (χ1v) is 8.10. The number of nitrogens with zero attached hydrogens (tertiary/aromatic N) is 2. The minimum absolute atomic E-state index is 0.215. The zero-order valence-corrected chi connectivity index (χ0v) is 15.3. The number of amides is 2. The van der Waals surface area contributed by atoms with Crippen LogP contribution in [0.25, 0.3) is 0 Å². The number of carbonyl (C=O) groups is 2. The van der Waals surface area contributed by atoms with Gasteiger partial charge in [-0.15, -0.1) is 0 Å². The first-order chi connectivity index (χ1) is 10.9. The number of rotatable bonds is 4. The van der Waals surface area contributed by atoms with Crippen LogP contribution in [-0.4, -0.2) is 28.2 Å². The summed E-state index contributed by atoms with van der Waals surface area (Å²) >= 11 is 8.18. The summed E-state index contributed by atoms with van der Waals surface area (Å²) in [7, 11) is 1.60. The highest BCUT2D eigenvalue weighted by atomic mass is 127. The number of esters is 1. The van der Waals surface area contributed by atoms with Crippen LogP contribution < -0.4 is 10.6 Å². The van der Waals surface area contributed by atoms with Crippen molar-refractivity contribution in [1.29, 1.82) is 0 Å². The Hall–Kier alpha value is -1.81. The first kappa shape index (κ1) is 17.5. The molecule has 0 saturated carbocycles. The molecule has 0 aliphatic carbocycles. The molecule has 0 saturated heterocycles. The van der Waals surface area contributed by atoms with Crippen molar-refractivity contribution in [3.8, 4) is 0 Å². The molecule has 0 spiro atoms.